The number of pyridine rings is 1. The second-order valence-corrected chi connectivity index (χ2v) is 6.31. The topological polar surface area (TPSA) is 39.4 Å². The molecule has 2 aromatic heterocycles. The van der Waals surface area contributed by atoms with Crippen molar-refractivity contribution in [2.24, 2.45) is 0 Å². The first-order valence-electron chi connectivity index (χ1n) is 8.38. The molecule has 4 nitrogen and oxygen atoms in total. The predicted octanol–water partition coefficient (Wildman–Crippen LogP) is 4.48. The summed E-state index contributed by atoms with van der Waals surface area (Å²) in [6.07, 6.45) is 5.91. The summed E-state index contributed by atoms with van der Waals surface area (Å²) in [4.78, 5) is 4.76. The van der Waals surface area contributed by atoms with Gasteiger partial charge in [-0.1, -0.05) is 36.4 Å². The molecular formula is C20H17N3O. The zero-order valence-corrected chi connectivity index (χ0v) is 13.2. The minimum Gasteiger partial charge on any atom is -0.490 e. The fourth-order valence-electron chi connectivity index (χ4n) is 3.12. The van der Waals surface area contributed by atoms with Crippen LogP contribution in [0.25, 0.3) is 27.8 Å². The molecule has 118 valence electrons. The number of nitrogens with zero attached hydrogens (tertiary/aromatic N) is 3. The van der Waals surface area contributed by atoms with E-state index in [1.54, 1.807) is 0 Å². The Labute approximate surface area is 139 Å². The van der Waals surface area contributed by atoms with E-state index in [9.17, 15) is 0 Å². The van der Waals surface area contributed by atoms with Crippen molar-refractivity contribution >= 4 is 16.4 Å². The average Bonchev–Trinajstić information content (AvgIpc) is 3.03. The molecule has 1 saturated carbocycles. The first kappa shape index (κ1) is 13.5. The van der Waals surface area contributed by atoms with Crippen molar-refractivity contribution in [3.8, 4) is 17.1 Å². The lowest BCUT2D eigenvalue weighted by Gasteiger charge is -2.26. The lowest BCUT2D eigenvalue weighted by Crippen LogP contribution is -2.24. The monoisotopic (exact) mass is 315 g/mol. The van der Waals surface area contributed by atoms with E-state index in [1.165, 1.54) is 11.8 Å². The predicted molar refractivity (Wildman–Crippen MR) is 94.2 cm³/mol. The minimum atomic E-state index is 0.373. The van der Waals surface area contributed by atoms with Crippen LogP contribution >= 0.6 is 0 Å². The van der Waals surface area contributed by atoms with Crippen LogP contribution in [0, 0.1) is 0 Å². The number of hydrogen-bond acceptors (Lipinski definition) is 3. The normalized spacial score (nSPS) is 14.8. The first-order chi connectivity index (χ1) is 11.9. The second kappa shape index (κ2) is 5.34. The molecule has 0 saturated heterocycles. The molecule has 24 heavy (non-hydrogen) atoms. The molecule has 0 atom stereocenters. The van der Waals surface area contributed by atoms with Crippen molar-refractivity contribution in [2.75, 3.05) is 0 Å². The molecule has 2 heterocycles. The van der Waals surface area contributed by atoms with Gasteiger partial charge in [0.2, 0.25) is 0 Å². The molecule has 4 heteroatoms. The van der Waals surface area contributed by atoms with E-state index < -0.39 is 0 Å². The highest BCUT2D eigenvalue weighted by molar-refractivity contribution is 5.94. The van der Waals surface area contributed by atoms with Crippen molar-refractivity contribution in [3.63, 3.8) is 0 Å². The van der Waals surface area contributed by atoms with Crippen molar-refractivity contribution in [1.82, 2.24) is 14.6 Å². The molecule has 0 bridgehead atoms. The van der Waals surface area contributed by atoms with Crippen LogP contribution in [0.2, 0.25) is 0 Å². The van der Waals surface area contributed by atoms with E-state index in [2.05, 4.69) is 23.3 Å². The molecule has 5 rings (SSSR count). The van der Waals surface area contributed by atoms with E-state index in [0.717, 1.165) is 41.0 Å². The van der Waals surface area contributed by atoms with E-state index in [-0.39, 0.29) is 0 Å². The van der Waals surface area contributed by atoms with Gasteiger partial charge in [0.25, 0.3) is 0 Å². The van der Waals surface area contributed by atoms with Gasteiger partial charge in [-0.05, 0) is 42.8 Å². The van der Waals surface area contributed by atoms with Gasteiger partial charge in [-0.15, -0.1) is 5.10 Å². The van der Waals surface area contributed by atoms with Crippen LogP contribution in [0.15, 0.2) is 60.8 Å². The molecule has 0 amide bonds. The van der Waals surface area contributed by atoms with E-state index in [0.29, 0.717) is 6.10 Å². The van der Waals surface area contributed by atoms with Crippen molar-refractivity contribution in [3.05, 3.63) is 60.8 Å². The summed E-state index contributed by atoms with van der Waals surface area (Å²) in [6.45, 7) is 0. The first-order valence-corrected chi connectivity index (χ1v) is 8.38. The van der Waals surface area contributed by atoms with E-state index >= 15 is 0 Å². The van der Waals surface area contributed by atoms with E-state index in [4.69, 9.17) is 9.72 Å². The summed E-state index contributed by atoms with van der Waals surface area (Å²) in [5.41, 5.74) is 1.87. The standard InChI is InChI=1S/C20H17N3O/c1-2-10-18-14(5-1)11-12-23-20(18)21-19(22-23)15-6-3-9-17(13-15)24-16-7-4-8-16/h1-3,5-6,9-13,16H,4,7-8H2. The van der Waals surface area contributed by atoms with Crippen LogP contribution in [0.1, 0.15) is 19.3 Å². The number of aromatic nitrogens is 3. The number of fused-ring (bicyclic) bond motifs is 3. The lowest BCUT2D eigenvalue weighted by molar-refractivity contribution is 0.120. The molecule has 0 aliphatic heterocycles. The average molecular weight is 315 g/mol. The number of benzene rings is 2. The summed E-state index contributed by atoms with van der Waals surface area (Å²) < 4.78 is 7.84. The lowest BCUT2D eigenvalue weighted by atomic mass is 9.96. The molecule has 1 aliphatic rings. The third-order valence-corrected chi connectivity index (χ3v) is 4.68. The quantitative estimate of drug-likeness (QED) is 0.559. The van der Waals surface area contributed by atoms with Gasteiger partial charge >= 0.3 is 0 Å². The molecule has 2 aromatic carbocycles. The Morgan fingerprint density at radius 1 is 1.00 bits per heavy atom. The zero-order valence-electron chi connectivity index (χ0n) is 13.2. The van der Waals surface area contributed by atoms with Crippen molar-refractivity contribution in [1.29, 1.82) is 0 Å². The molecule has 0 N–H and O–H groups in total. The molecular weight excluding hydrogens is 298 g/mol. The molecule has 0 unspecified atom stereocenters. The summed E-state index contributed by atoms with van der Waals surface area (Å²) >= 11 is 0. The summed E-state index contributed by atoms with van der Waals surface area (Å²) in [5.74, 6) is 1.63. The maximum Gasteiger partial charge on any atom is 0.182 e. The minimum absolute atomic E-state index is 0.373. The summed E-state index contributed by atoms with van der Waals surface area (Å²) in [6, 6.07) is 18.4. The maximum atomic E-state index is 5.99. The Hall–Kier alpha value is -2.88. The van der Waals surface area contributed by atoms with Gasteiger partial charge in [0.15, 0.2) is 11.5 Å². The van der Waals surface area contributed by atoms with Crippen LogP contribution in [-0.4, -0.2) is 20.7 Å². The van der Waals surface area contributed by atoms with E-state index in [1.807, 2.05) is 47.1 Å². The fraction of sp³-hybridized carbons (Fsp3) is 0.200. The molecule has 0 radical (unpaired) electrons. The Bertz CT molecular complexity index is 1030. The summed E-state index contributed by atoms with van der Waals surface area (Å²) in [5, 5.41) is 6.92. The second-order valence-electron chi connectivity index (χ2n) is 6.31. The highest BCUT2D eigenvalue weighted by Crippen LogP contribution is 2.28. The van der Waals surface area contributed by atoms with Gasteiger partial charge in [-0.25, -0.2) is 9.50 Å². The number of rotatable bonds is 3. The summed E-state index contributed by atoms with van der Waals surface area (Å²) in [7, 11) is 0. The Morgan fingerprint density at radius 3 is 2.79 bits per heavy atom. The van der Waals surface area contributed by atoms with Gasteiger partial charge in [0.1, 0.15) is 5.75 Å². The van der Waals surface area contributed by atoms with Gasteiger partial charge in [-0.3, -0.25) is 0 Å². The number of hydrogen-bond donors (Lipinski definition) is 0. The van der Waals surface area contributed by atoms with Crippen LogP contribution < -0.4 is 4.74 Å². The molecule has 0 spiro atoms. The number of ether oxygens (including phenoxy) is 1. The highest BCUT2D eigenvalue weighted by Gasteiger charge is 2.19. The molecule has 1 aliphatic carbocycles. The smallest absolute Gasteiger partial charge is 0.182 e. The Morgan fingerprint density at radius 2 is 1.92 bits per heavy atom. The fourth-order valence-corrected chi connectivity index (χ4v) is 3.12. The van der Waals surface area contributed by atoms with Crippen LogP contribution in [-0.2, 0) is 0 Å². The van der Waals surface area contributed by atoms with Gasteiger partial charge in [-0.2, -0.15) is 0 Å². The third-order valence-electron chi connectivity index (χ3n) is 4.68. The van der Waals surface area contributed by atoms with Crippen LogP contribution in [0.3, 0.4) is 0 Å². The largest absolute Gasteiger partial charge is 0.490 e. The van der Waals surface area contributed by atoms with Crippen LogP contribution in [0.5, 0.6) is 5.75 Å². The molecule has 1 fully saturated rings. The van der Waals surface area contributed by atoms with Gasteiger partial charge in [0, 0.05) is 17.1 Å². The Kier molecular flexibility index (Phi) is 3.01. The van der Waals surface area contributed by atoms with Gasteiger partial charge < -0.3 is 4.74 Å². The SMILES string of the molecule is c1cc(OC2CCC2)cc(-c2nc3c4ccccc4ccn3n2)c1. The highest BCUT2D eigenvalue weighted by atomic mass is 16.5. The third kappa shape index (κ3) is 2.22. The van der Waals surface area contributed by atoms with Gasteiger partial charge in [0.05, 0.1) is 6.10 Å². The van der Waals surface area contributed by atoms with Crippen molar-refractivity contribution in [2.45, 2.75) is 25.4 Å². The Balaban J connectivity index is 1.58. The van der Waals surface area contributed by atoms with Crippen molar-refractivity contribution < 1.29 is 4.74 Å². The van der Waals surface area contributed by atoms with Crippen LogP contribution in [0.4, 0.5) is 0 Å². The molecule has 4 aromatic rings. The maximum absolute atomic E-state index is 5.99. The zero-order chi connectivity index (χ0) is 15.9.